The molecule has 7 nitrogen and oxygen atoms in total. The molecular weight excluding hydrogens is 294 g/mol. The minimum atomic E-state index is -0.424. The van der Waals surface area contributed by atoms with Gasteiger partial charge in [-0.1, -0.05) is 13.3 Å². The average Bonchev–Trinajstić information content (AvgIpc) is 3.05. The van der Waals surface area contributed by atoms with Gasteiger partial charge in [-0.25, -0.2) is 0 Å². The van der Waals surface area contributed by atoms with Crippen LogP contribution >= 0.6 is 0 Å². The van der Waals surface area contributed by atoms with Gasteiger partial charge >= 0.3 is 0 Å². The second-order valence-electron chi connectivity index (χ2n) is 5.08. The van der Waals surface area contributed by atoms with Crippen molar-refractivity contribution in [2.75, 3.05) is 0 Å². The van der Waals surface area contributed by atoms with Gasteiger partial charge in [-0.05, 0) is 30.7 Å². The van der Waals surface area contributed by atoms with Crippen LogP contribution in [0.25, 0.3) is 16.9 Å². The Morgan fingerprint density at radius 3 is 2.70 bits per heavy atom. The van der Waals surface area contributed by atoms with E-state index in [9.17, 15) is 10.1 Å². The van der Waals surface area contributed by atoms with Crippen LogP contribution in [0.3, 0.4) is 0 Å². The highest BCUT2D eigenvalue weighted by atomic mass is 16.6. The molecular formula is C16H15N5O2. The summed E-state index contributed by atoms with van der Waals surface area (Å²) >= 11 is 0. The molecule has 0 bridgehead atoms. The summed E-state index contributed by atoms with van der Waals surface area (Å²) in [6.45, 7) is 2.10. The highest BCUT2D eigenvalue weighted by Crippen LogP contribution is 2.20. The van der Waals surface area contributed by atoms with Crippen molar-refractivity contribution in [3.63, 3.8) is 0 Å². The number of hydrogen-bond donors (Lipinski definition) is 0. The number of rotatable bonds is 5. The lowest BCUT2D eigenvalue weighted by Gasteiger charge is -2.02. The van der Waals surface area contributed by atoms with Crippen molar-refractivity contribution in [1.29, 1.82) is 0 Å². The molecule has 2 aromatic heterocycles. The van der Waals surface area contributed by atoms with Crippen LogP contribution < -0.4 is 0 Å². The third kappa shape index (κ3) is 3.23. The molecule has 23 heavy (non-hydrogen) atoms. The Morgan fingerprint density at radius 1 is 1.22 bits per heavy atom. The molecule has 3 rings (SSSR count). The smallest absolute Gasteiger partial charge is 0.261 e. The highest BCUT2D eigenvalue weighted by molar-refractivity contribution is 5.59. The monoisotopic (exact) mass is 309 g/mol. The summed E-state index contributed by atoms with van der Waals surface area (Å²) < 4.78 is 0. The first kappa shape index (κ1) is 14.8. The molecule has 0 saturated carbocycles. The fourth-order valence-corrected chi connectivity index (χ4v) is 2.26. The van der Waals surface area contributed by atoms with E-state index >= 15 is 0 Å². The minimum absolute atomic E-state index is 0.0551. The first-order chi connectivity index (χ1) is 11.2. The van der Waals surface area contributed by atoms with E-state index < -0.39 is 4.92 Å². The highest BCUT2D eigenvalue weighted by Gasteiger charge is 2.09. The van der Waals surface area contributed by atoms with Crippen molar-refractivity contribution in [1.82, 2.24) is 20.0 Å². The van der Waals surface area contributed by atoms with Gasteiger partial charge in [0.05, 0.1) is 16.8 Å². The number of hydrogen-bond acceptors (Lipinski definition) is 5. The summed E-state index contributed by atoms with van der Waals surface area (Å²) in [5.74, 6) is 0. The number of aryl methyl sites for hydroxylation is 1. The number of nitro groups is 1. The quantitative estimate of drug-likeness (QED) is 0.533. The summed E-state index contributed by atoms with van der Waals surface area (Å²) in [5.41, 5.74) is 3.34. The Kier molecular flexibility index (Phi) is 4.09. The van der Waals surface area contributed by atoms with E-state index in [0.717, 1.165) is 29.8 Å². The number of nitro benzene ring substituents is 1. The van der Waals surface area contributed by atoms with Crippen molar-refractivity contribution < 1.29 is 4.92 Å². The predicted octanol–water partition coefficient (Wildman–Crippen LogP) is 3.19. The number of aromatic nitrogens is 4. The molecule has 0 spiro atoms. The van der Waals surface area contributed by atoms with Gasteiger partial charge in [0.25, 0.3) is 5.69 Å². The van der Waals surface area contributed by atoms with Crippen LogP contribution in [-0.2, 0) is 6.42 Å². The summed E-state index contributed by atoms with van der Waals surface area (Å²) in [4.78, 5) is 16.1. The van der Waals surface area contributed by atoms with Gasteiger partial charge in [-0.3, -0.25) is 15.1 Å². The van der Waals surface area contributed by atoms with Crippen LogP contribution in [0, 0.1) is 10.1 Å². The fourth-order valence-electron chi connectivity index (χ4n) is 2.26. The molecule has 0 fully saturated rings. The van der Waals surface area contributed by atoms with E-state index in [-0.39, 0.29) is 5.69 Å². The molecule has 0 unspecified atom stereocenters. The van der Waals surface area contributed by atoms with Gasteiger partial charge in [0.15, 0.2) is 0 Å². The van der Waals surface area contributed by atoms with E-state index in [4.69, 9.17) is 0 Å². The molecule has 2 heterocycles. The van der Waals surface area contributed by atoms with E-state index in [2.05, 4.69) is 22.1 Å². The van der Waals surface area contributed by atoms with Gasteiger partial charge in [0.2, 0.25) is 0 Å². The molecule has 3 aromatic rings. The summed E-state index contributed by atoms with van der Waals surface area (Å²) in [6, 6.07) is 10.1. The Morgan fingerprint density at radius 2 is 2.00 bits per heavy atom. The molecule has 116 valence electrons. The van der Waals surface area contributed by atoms with Crippen molar-refractivity contribution in [3.8, 4) is 16.9 Å². The normalized spacial score (nSPS) is 10.7. The maximum Gasteiger partial charge on any atom is 0.269 e. The third-order valence-corrected chi connectivity index (χ3v) is 3.40. The molecule has 0 aliphatic heterocycles. The molecule has 0 amide bonds. The largest absolute Gasteiger partial charge is 0.269 e. The van der Waals surface area contributed by atoms with Crippen LogP contribution in [0.5, 0.6) is 0 Å². The number of benzene rings is 1. The number of non-ortho nitro benzene ring substituents is 1. The molecule has 0 radical (unpaired) electrons. The van der Waals surface area contributed by atoms with Crippen molar-refractivity contribution in [3.05, 3.63) is 64.6 Å². The second kappa shape index (κ2) is 6.35. The van der Waals surface area contributed by atoms with Crippen LogP contribution in [0.1, 0.15) is 19.0 Å². The zero-order valence-corrected chi connectivity index (χ0v) is 12.6. The maximum atomic E-state index is 10.7. The fraction of sp³-hybridized carbons (Fsp3) is 0.188. The molecule has 0 atom stereocenters. The van der Waals surface area contributed by atoms with Crippen LogP contribution in [0.15, 0.2) is 48.8 Å². The Hall–Kier alpha value is -3.09. The SMILES string of the molecule is CCCc1cc(-n2ncc(-c3ccc([N+](=O)[O-])cc3)n2)ccn1. The topological polar surface area (TPSA) is 86.7 Å². The van der Waals surface area contributed by atoms with Gasteiger partial charge in [0, 0.05) is 29.6 Å². The van der Waals surface area contributed by atoms with Gasteiger partial charge < -0.3 is 0 Å². The van der Waals surface area contributed by atoms with Crippen LogP contribution in [-0.4, -0.2) is 24.9 Å². The molecule has 1 aromatic carbocycles. The van der Waals surface area contributed by atoms with E-state index in [0.29, 0.717) is 5.69 Å². The third-order valence-electron chi connectivity index (χ3n) is 3.40. The van der Waals surface area contributed by atoms with Crippen molar-refractivity contribution in [2.24, 2.45) is 0 Å². The predicted molar refractivity (Wildman–Crippen MR) is 85.2 cm³/mol. The van der Waals surface area contributed by atoms with Gasteiger partial charge in [0.1, 0.15) is 5.69 Å². The molecule has 0 N–H and O–H groups in total. The van der Waals surface area contributed by atoms with Crippen molar-refractivity contribution >= 4 is 5.69 Å². The van der Waals surface area contributed by atoms with Crippen LogP contribution in [0.2, 0.25) is 0 Å². The number of pyridine rings is 1. The minimum Gasteiger partial charge on any atom is -0.261 e. The van der Waals surface area contributed by atoms with Gasteiger partial charge in [-0.15, -0.1) is 5.10 Å². The Bertz CT molecular complexity index is 826. The lowest BCUT2D eigenvalue weighted by atomic mass is 10.1. The van der Waals surface area contributed by atoms with E-state index in [1.54, 1.807) is 24.5 Å². The van der Waals surface area contributed by atoms with Crippen LogP contribution in [0.4, 0.5) is 5.69 Å². The molecule has 0 saturated heterocycles. The lowest BCUT2D eigenvalue weighted by Crippen LogP contribution is -2.01. The first-order valence-corrected chi connectivity index (χ1v) is 7.30. The van der Waals surface area contributed by atoms with E-state index in [1.165, 1.54) is 16.9 Å². The average molecular weight is 309 g/mol. The van der Waals surface area contributed by atoms with Gasteiger partial charge in [-0.2, -0.15) is 9.90 Å². The Balaban J connectivity index is 1.88. The summed E-state index contributed by atoms with van der Waals surface area (Å²) in [6.07, 6.45) is 5.32. The summed E-state index contributed by atoms with van der Waals surface area (Å²) in [5, 5.41) is 19.4. The standard InChI is InChI=1S/C16H15N5O2/c1-2-3-13-10-15(8-9-17-13)20-18-11-16(19-20)12-4-6-14(7-5-12)21(22)23/h4-11H,2-3H2,1H3. The number of nitrogens with zero attached hydrogens (tertiary/aromatic N) is 5. The molecule has 0 aliphatic carbocycles. The zero-order valence-electron chi connectivity index (χ0n) is 12.6. The Labute approximate surface area is 132 Å². The summed E-state index contributed by atoms with van der Waals surface area (Å²) in [7, 11) is 0. The molecule has 0 aliphatic rings. The van der Waals surface area contributed by atoms with Crippen molar-refractivity contribution in [2.45, 2.75) is 19.8 Å². The second-order valence-corrected chi connectivity index (χ2v) is 5.08. The first-order valence-electron chi connectivity index (χ1n) is 7.30. The maximum absolute atomic E-state index is 10.7. The van der Waals surface area contributed by atoms with E-state index in [1.807, 2.05) is 12.1 Å². The lowest BCUT2D eigenvalue weighted by molar-refractivity contribution is -0.384. The zero-order chi connectivity index (χ0) is 16.2. The molecule has 7 heteroatoms.